The lowest BCUT2D eigenvalue weighted by Gasteiger charge is -2.08. The lowest BCUT2D eigenvalue weighted by Crippen LogP contribution is -1.96. The van der Waals surface area contributed by atoms with Gasteiger partial charge >= 0.3 is 0 Å². The maximum absolute atomic E-state index is 5.94. The van der Waals surface area contributed by atoms with Crippen molar-refractivity contribution in [2.45, 2.75) is 0 Å². The highest BCUT2D eigenvalue weighted by atomic mass is 127. The number of benzene rings is 1. The highest BCUT2D eigenvalue weighted by molar-refractivity contribution is 14.1. The van der Waals surface area contributed by atoms with Crippen LogP contribution in [0.5, 0.6) is 0 Å². The minimum absolute atomic E-state index is 0.254. The van der Waals surface area contributed by atoms with E-state index in [-0.39, 0.29) is 5.28 Å². The molecule has 0 radical (unpaired) electrons. The second-order valence-electron chi connectivity index (χ2n) is 3.73. The lowest BCUT2D eigenvalue weighted by molar-refractivity contribution is 1.23. The molecule has 1 aromatic carbocycles. The third-order valence-electron chi connectivity index (χ3n) is 2.48. The summed E-state index contributed by atoms with van der Waals surface area (Å²) in [6.45, 7) is 0. The molecule has 0 saturated heterocycles. The monoisotopic (exact) mass is 465 g/mol. The maximum Gasteiger partial charge on any atom is 0.225 e. The molecule has 0 aliphatic heterocycles. The van der Waals surface area contributed by atoms with Crippen molar-refractivity contribution in [1.29, 1.82) is 0 Å². The number of hydrogen-bond acceptors (Lipinski definition) is 4. The van der Waals surface area contributed by atoms with Gasteiger partial charge in [-0.3, -0.25) is 0 Å². The van der Waals surface area contributed by atoms with E-state index in [0.29, 0.717) is 0 Å². The predicted octanol–water partition coefficient (Wildman–Crippen LogP) is 5.46. The van der Waals surface area contributed by atoms with E-state index in [2.05, 4.69) is 53.8 Å². The zero-order valence-corrected chi connectivity index (χ0v) is 14.6. The summed E-state index contributed by atoms with van der Waals surface area (Å²) in [5.41, 5.74) is 0.967. The zero-order valence-electron chi connectivity index (χ0n) is 9.32. The van der Waals surface area contributed by atoms with E-state index in [9.17, 15) is 0 Å². The van der Waals surface area contributed by atoms with Crippen LogP contribution in [0.1, 0.15) is 0 Å². The molecule has 0 aliphatic rings. The number of anilines is 2. The average Bonchev–Trinajstić information content (AvgIpc) is 2.82. The molecule has 2 heterocycles. The summed E-state index contributed by atoms with van der Waals surface area (Å²) < 4.78 is 2.20. The molecule has 0 amide bonds. The molecule has 3 aromatic rings. The Morgan fingerprint density at radius 2 is 2.11 bits per heavy atom. The molecule has 3 nitrogen and oxygen atoms in total. The van der Waals surface area contributed by atoms with Crippen LogP contribution in [0.2, 0.25) is 5.28 Å². The third-order valence-corrected chi connectivity index (χ3v) is 5.78. The number of hydrogen-bond donors (Lipinski definition) is 1. The van der Waals surface area contributed by atoms with Gasteiger partial charge < -0.3 is 5.32 Å². The van der Waals surface area contributed by atoms with Crippen LogP contribution in [0.15, 0.2) is 34.1 Å². The van der Waals surface area contributed by atoms with E-state index < -0.39 is 0 Å². The lowest BCUT2D eigenvalue weighted by atomic mass is 10.3. The van der Waals surface area contributed by atoms with Crippen LogP contribution in [0, 0.1) is 3.57 Å². The molecule has 7 heteroatoms. The summed E-state index contributed by atoms with van der Waals surface area (Å²) in [4.78, 5) is 9.33. The van der Waals surface area contributed by atoms with Crippen molar-refractivity contribution in [3.05, 3.63) is 43.0 Å². The Balaban J connectivity index is 2.04. The Kier molecular flexibility index (Phi) is 3.93. The summed E-state index contributed by atoms with van der Waals surface area (Å²) in [7, 11) is 0. The Morgan fingerprint density at radius 3 is 2.89 bits per heavy atom. The molecule has 96 valence electrons. The number of halogens is 3. The summed E-state index contributed by atoms with van der Waals surface area (Å²) in [6.07, 6.45) is 0. The summed E-state index contributed by atoms with van der Waals surface area (Å²) in [5.74, 6) is 0.731. The molecule has 2 aromatic heterocycles. The molecule has 0 atom stereocenters. The van der Waals surface area contributed by atoms with Crippen molar-refractivity contribution in [2.24, 2.45) is 0 Å². The van der Waals surface area contributed by atoms with Gasteiger partial charge in [-0.1, -0.05) is 0 Å². The molecule has 1 N–H and O–H groups in total. The summed E-state index contributed by atoms with van der Waals surface area (Å²) in [6, 6.07) is 8.01. The van der Waals surface area contributed by atoms with Crippen molar-refractivity contribution < 1.29 is 0 Å². The van der Waals surface area contributed by atoms with Crippen LogP contribution in [-0.4, -0.2) is 9.97 Å². The number of nitrogens with one attached hydrogen (secondary N) is 1. The molecule has 0 saturated carbocycles. The average molecular weight is 467 g/mol. The molecule has 19 heavy (non-hydrogen) atoms. The summed E-state index contributed by atoms with van der Waals surface area (Å²) in [5, 5.41) is 6.50. The standard InChI is InChI=1S/C12H6BrClIN3S/c13-8-2-1-6(5-9(8)15)16-10-7-3-4-19-11(7)18-12(14)17-10/h1-5H,(H,16,17,18). The second-order valence-corrected chi connectivity index (χ2v) is 6.98. The summed E-state index contributed by atoms with van der Waals surface area (Å²) >= 11 is 13.2. The van der Waals surface area contributed by atoms with E-state index in [0.717, 1.165) is 29.8 Å². The topological polar surface area (TPSA) is 37.8 Å². The zero-order chi connectivity index (χ0) is 13.4. The predicted molar refractivity (Wildman–Crippen MR) is 92.6 cm³/mol. The van der Waals surface area contributed by atoms with Crippen molar-refractivity contribution in [3.63, 3.8) is 0 Å². The number of fused-ring (bicyclic) bond motifs is 1. The molecule has 0 spiro atoms. The number of nitrogens with zero attached hydrogens (tertiary/aromatic N) is 2. The SMILES string of the molecule is Clc1nc(Nc2ccc(Br)c(I)c2)c2ccsc2n1. The van der Waals surface area contributed by atoms with Gasteiger partial charge in [0.2, 0.25) is 5.28 Å². The van der Waals surface area contributed by atoms with Gasteiger partial charge in [0, 0.05) is 13.7 Å². The van der Waals surface area contributed by atoms with Gasteiger partial charge in [-0.2, -0.15) is 4.98 Å². The Hall–Kier alpha value is -0.440. The van der Waals surface area contributed by atoms with Gasteiger partial charge in [0.15, 0.2) is 0 Å². The normalized spacial score (nSPS) is 10.9. The minimum atomic E-state index is 0.254. The van der Waals surface area contributed by atoms with Crippen molar-refractivity contribution in [1.82, 2.24) is 9.97 Å². The van der Waals surface area contributed by atoms with Crippen LogP contribution < -0.4 is 5.32 Å². The number of rotatable bonds is 2. The van der Waals surface area contributed by atoms with E-state index >= 15 is 0 Å². The Bertz CT molecular complexity index is 762. The van der Waals surface area contributed by atoms with Gasteiger partial charge in [0.1, 0.15) is 10.6 Å². The molecule has 0 fully saturated rings. The van der Waals surface area contributed by atoms with Crippen molar-refractivity contribution in [3.8, 4) is 0 Å². The van der Waals surface area contributed by atoms with Crippen LogP contribution in [0.4, 0.5) is 11.5 Å². The van der Waals surface area contributed by atoms with Gasteiger partial charge in [-0.25, -0.2) is 4.98 Å². The molecule has 3 rings (SSSR count). The van der Waals surface area contributed by atoms with E-state index in [4.69, 9.17) is 11.6 Å². The fourth-order valence-electron chi connectivity index (χ4n) is 1.64. The first-order valence-electron chi connectivity index (χ1n) is 5.26. The highest BCUT2D eigenvalue weighted by Crippen LogP contribution is 2.30. The van der Waals surface area contributed by atoms with Gasteiger partial charge in [0.05, 0.1) is 5.39 Å². The van der Waals surface area contributed by atoms with E-state index in [1.165, 1.54) is 0 Å². The van der Waals surface area contributed by atoms with Crippen molar-refractivity contribution in [2.75, 3.05) is 5.32 Å². The molecule has 0 unspecified atom stereocenters. The molecule has 0 aliphatic carbocycles. The number of aromatic nitrogens is 2. The minimum Gasteiger partial charge on any atom is -0.340 e. The largest absolute Gasteiger partial charge is 0.340 e. The quantitative estimate of drug-likeness (QED) is 0.403. The van der Waals surface area contributed by atoms with Crippen LogP contribution in [0.25, 0.3) is 10.2 Å². The van der Waals surface area contributed by atoms with Crippen LogP contribution >= 0.6 is 61.5 Å². The maximum atomic E-state index is 5.94. The third kappa shape index (κ3) is 2.86. The fourth-order valence-corrected chi connectivity index (χ4v) is 3.38. The van der Waals surface area contributed by atoms with Crippen molar-refractivity contribution >= 4 is 83.2 Å². The van der Waals surface area contributed by atoms with E-state index in [1.807, 2.05) is 29.6 Å². The molecular weight excluding hydrogens is 460 g/mol. The fraction of sp³-hybridized carbons (Fsp3) is 0. The molecule has 0 bridgehead atoms. The van der Waals surface area contributed by atoms with Crippen LogP contribution in [0.3, 0.4) is 0 Å². The van der Waals surface area contributed by atoms with Gasteiger partial charge in [-0.05, 0) is 79.8 Å². The second kappa shape index (κ2) is 5.51. The first-order valence-corrected chi connectivity index (χ1v) is 8.39. The highest BCUT2D eigenvalue weighted by Gasteiger charge is 2.08. The molecular formula is C12H6BrClIN3S. The van der Waals surface area contributed by atoms with Crippen LogP contribution in [-0.2, 0) is 0 Å². The van der Waals surface area contributed by atoms with Gasteiger partial charge in [0.25, 0.3) is 0 Å². The number of thiophene rings is 1. The Morgan fingerprint density at radius 1 is 1.26 bits per heavy atom. The first-order chi connectivity index (χ1) is 9.13. The Labute approximate surface area is 140 Å². The van der Waals surface area contributed by atoms with Gasteiger partial charge in [-0.15, -0.1) is 11.3 Å². The smallest absolute Gasteiger partial charge is 0.225 e. The van der Waals surface area contributed by atoms with E-state index in [1.54, 1.807) is 11.3 Å². The first kappa shape index (κ1) is 13.5.